The van der Waals surface area contributed by atoms with Crippen molar-refractivity contribution in [2.24, 2.45) is 0 Å². The van der Waals surface area contributed by atoms with Gasteiger partial charge in [0, 0.05) is 15.5 Å². The third-order valence-corrected chi connectivity index (χ3v) is 4.06. The average molecular weight is 353 g/mol. The first-order valence-corrected chi connectivity index (χ1v) is 7.90. The standard InChI is InChI=1S/C11H15Br2NS/c1-15-8-3-2-7-14-11-9(12)5-4-6-10(11)13/h4-6,14H,2-3,7-8H2,1H3. The minimum atomic E-state index is 1.03. The Hall–Kier alpha value is 0.330. The number of hydrogen-bond acceptors (Lipinski definition) is 2. The van der Waals surface area contributed by atoms with Crippen LogP contribution in [0, 0.1) is 0 Å². The van der Waals surface area contributed by atoms with Crippen molar-refractivity contribution < 1.29 is 0 Å². The van der Waals surface area contributed by atoms with E-state index >= 15 is 0 Å². The van der Waals surface area contributed by atoms with Crippen LogP contribution in [0.2, 0.25) is 0 Å². The lowest BCUT2D eigenvalue weighted by molar-refractivity contribution is 0.842. The highest BCUT2D eigenvalue weighted by Gasteiger charge is 2.02. The molecule has 0 aliphatic carbocycles. The number of para-hydroxylation sites is 1. The lowest BCUT2D eigenvalue weighted by Crippen LogP contribution is -2.03. The van der Waals surface area contributed by atoms with E-state index in [1.807, 2.05) is 17.8 Å². The maximum atomic E-state index is 3.53. The predicted octanol–water partition coefficient (Wildman–Crippen LogP) is 4.77. The molecule has 0 aliphatic heterocycles. The van der Waals surface area contributed by atoms with Crippen molar-refractivity contribution in [3.05, 3.63) is 27.1 Å². The summed E-state index contributed by atoms with van der Waals surface area (Å²) in [6, 6.07) is 6.12. The molecule has 1 rings (SSSR count). The topological polar surface area (TPSA) is 12.0 Å². The summed E-state index contributed by atoms with van der Waals surface area (Å²) in [5.74, 6) is 1.25. The molecule has 0 radical (unpaired) electrons. The molecule has 0 spiro atoms. The monoisotopic (exact) mass is 351 g/mol. The highest BCUT2D eigenvalue weighted by atomic mass is 79.9. The first-order chi connectivity index (χ1) is 7.25. The summed E-state index contributed by atoms with van der Waals surface area (Å²) in [6.07, 6.45) is 4.64. The van der Waals surface area contributed by atoms with E-state index in [-0.39, 0.29) is 0 Å². The van der Waals surface area contributed by atoms with Gasteiger partial charge in [0.2, 0.25) is 0 Å². The Kier molecular flexibility index (Phi) is 6.77. The van der Waals surface area contributed by atoms with Crippen LogP contribution in [0.15, 0.2) is 27.1 Å². The van der Waals surface area contributed by atoms with E-state index in [1.165, 1.54) is 18.6 Å². The van der Waals surface area contributed by atoms with E-state index < -0.39 is 0 Å². The van der Waals surface area contributed by atoms with Crippen LogP contribution in [0.5, 0.6) is 0 Å². The number of hydrogen-bond donors (Lipinski definition) is 1. The van der Waals surface area contributed by atoms with Crippen LogP contribution in [-0.2, 0) is 0 Å². The van der Waals surface area contributed by atoms with Gasteiger partial charge in [-0.3, -0.25) is 0 Å². The third kappa shape index (κ3) is 4.79. The van der Waals surface area contributed by atoms with E-state index in [2.05, 4.69) is 55.6 Å². The van der Waals surface area contributed by atoms with Gasteiger partial charge >= 0.3 is 0 Å². The van der Waals surface area contributed by atoms with Gasteiger partial charge in [0.25, 0.3) is 0 Å². The zero-order chi connectivity index (χ0) is 11.1. The fourth-order valence-electron chi connectivity index (χ4n) is 1.25. The SMILES string of the molecule is CSCCCCNc1c(Br)cccc1Br. The predicted molar refractivity (Wildman–Crippen MR) is 77.9 cm³/mol. The summed E-state index contributed by atoms with van der Waals surface area (Å²) >= 11 is 8.97. The molecule has 0 aromatic heterocycles. The average Bonchev–Trinajstić information content (AvgIpc) is 2.21. The molecule has 0 unspecified atom stereocenters. The van der Waals surface area contributed by atoms with E-state index in [9.17, 15) is 0 Å². The van der Waals surface area contributed by atoms with Crippen LogP contribution in [0.3, 0.4) is 0 Å². The maximum Gasteiger partial charge on any atom is 0.0628 e. The molecule has 15 heavy (non-hydrogen) atoms. The number of nitrogens with one attached hydrogen (secondary N) is 1. The van der Waals surface area contributed by atoms with Crippen LogP contribution in [0.25, 0.3) is 0 Å². The molecule has 84 valence electrons. The van der Waals surface area contributed by atoms with Crippen LogP contribution in [0.1, 0.15) is 12.8 Å². The molecular weight excluding hydrogens is 338 g/mol. The molecule has 1 aromatic rings. The lowest BCUT2D eigenvalue weighted by Gasteiger charge is -2.10. The molecule has 1 nitrogen and oxygen atoms in total. The minimum absolute atomic E-state index is 1.03. The molecule has 0 bridgehead atoms. The Balaban J connectivity index is 2.37. The minimum Gasteiger partial charge on any atom is -0.383 e. The van der Waals surface area contributed by atoms with Gasteiger partial charge in [-0.15, -0.1) is 0 Å². The number of anilines is 1. The second-order valence-corrected chi connectivity index (χ2v) is 5.92. The summed E-state index contributed by atoms with van der Waals surface area (Å²) in [5.41, 5.74) is 1.15. The van der Waals surface area contributed by atoms with Gasteiger partial charge in [0.1, 0.15) is 0 Å². The number of halogens is 2. The van der Waals surface area contributed by atoms with Crippen molar-refractivity contribution in [1.29, 1.82) is 0 Å². The highest BCUT2D eigenvalue weighted by molar-refractivity contribution is 9.11. The number of benzene rings is 1. The quantitative estimate of drug-likeness (QED) is 0.740. The Morgan fingerprint density at radius 2 is 1.87 bits per heavy atom. The Morgan fingerprint density at radius 3 is 2.47 bits per heavy atom. The van der Waals surface area contributed by atoms with Crippen molar-refractivity contribution >= 4 is 49.3 Å². The normalized spacial score (nSPS) is 10.3. The van der Waals surface area contributed by atoms with Gasteiger partial charge in [-0.05, 0) is 68.8 Å². The van der Waals surface area contributed by atoms with Crippen molar-refractivity contribution in [2.45, 2.75) is 12.8 Å². The van der Waals surface area contributed by atoms with Gasteiger partial charge < -0.3 is 5.32 Å². The molecule has 0 saturated heterocycles. The van der Waals surface area contributed by atoms with Gasteiger partial charge in [0.05, 0.1) is 5.69 Å². The number of rotatable bonds is 6. The molecule has 4 heteroatoms. The van der Waals surface area contributed by atoms with Gasteiger partial charge in [0.15, 0.2) is 0 Å². The van der Waals surface area contributed by atoms with Crippen molar-refractivity contribution in [2.75, 3.05) is 23.9 Å². The smallest absolute Gasteiger partial charge is 0.0628 e. The van der Waals surface area contributed by atoms with Crippen molar-refractivity contribution in [3.63, 3.8) is 0 Å². The van der Waals surface area contributed by atoms with Crippen LogP contribution < -0.4 is 5.32 Å². The molecule has 0 atom stereocenters. The first kappa shape index (κ1) is 13.4. The highest BCUT2D eigenvalue weighted by Crippen LogP contribution is 2.30. The second kappa shape index (κ2) is 7.58. The van der Waals surface area contributed by atoms with Crippen LogP contribution in [-0.4, -0.2) is 18.6 Å². The molecule has 0 aliphatic rings. The molecule has 0 amide bonds. The number of thioether (sulfide) groups is 1. The molecule has 0 fully saturated rings. The Labute approximate surface area is 113 Å². The third-order valence-electron chi connectivity index (χ3n) is 2.04. The van der Waals surface area contributed by atoms with Crippen molar-refractivity contribution in [1.82, 2.24) is 0 Å². The zero-order valence-electron chi connectivity index (χ0n) is 8.72. The van der Waals surface area contributed by atoms with E-state index in [0.717, 1.165) is 21.2 Å². The second-order valence-electron chi connectivity index (χ2n) is 3.22. The molecule has 1 N–H and O–H groups in total. The summed E-state index contributed by atoms with van der Waals surface area (Å²) in [5, 5.41) is 3.44. The molecule has 0 heterocycles. The molecular formula is C11H15Br2NS. The molecule has 1 aromatic carbocycles. The molecule has 0 saturated carbocycles. The maximum absolute atomic E-state index is 3.53. The summed E-state index contributed by atoms with van der Waals surface area (Å²) in [4.78, 5) is 0. The summed E-state index contributed by atoms with van der Waals surface area (Å²) < 4.78 is 2.23. The summed E-state index contributed by atoms with van der Waals surface area (Å²) in [7, 11) is 0. The van der Waals surface area contributed by atoms with Gasteiger partial charge in [-0.25, -0.2) is 0 Å². The van der Waals surface area contributed by atoms with Gasteiger partial charge in [-0.2, -0.15) is 11.8 Å². The van der Waals surface area contributed by atoms with Gasteiger partial charge in [-0.1, -0.05) is 6.07 Å². The fourth-order valence-corrected chi connectivity index (χ4v) is 3.02. The Bertz CT molecular complexity index is 284. The zero-order valence-corrected chi connectivity index (χ0v) is 12.7. The van der Waals surface area contributed by atoms with Crippen LogP contribution in [0.4, 0.5) is 5.69 Å². The number of unbranched alkanes of at least 4 members (excludes halogenated alkanes) is 1. The van der Waals surface area contributed by atoms with E-state index in [0.29, 0.717) is 0 Å². The van der Waals surface area contributed by atoms with E-state index in [4.69, 9.17) is 0 Å². The fraction of sp³-hybridized carbons (Fsp3) is 0.455. The van der Waals surface area contributed by atoms with E-state index in [1.54, 1.807) is 0 Å². The largest absolute Gasteiger partial charge is 0.383 e. The lowest BCUT2D eigenvalue weighted by atomic mass is 10.3. The first-order valence-electron chi connectivity index (χ1n) is 4.92. The Morgan fingerprint density at radius 1 is 1.20 bits per heavy atom. The summed E-state index contributed by atoms with van der Waals surface area (Å²) in [6.45, 7) is 1.03. The van der Waals surface area contributed by atoms with Crippen molar-refractivity contribution in [3.8, 4) is 0 Å². The van der Waals surface area contributed by atoms with Crippen LogP contribution >= 0.6 is 43.6 Å².